The van der Waals surface area contributed by atoms with Crippen molar-refractivity contribution in [2.45, 2.75) is 11.8 Å². The van der Waals surface area contributed by atoms with E-state index in [0.717, 1.165) is 11.1 Å². The lowest BCUT2D eigenvalue weighted by atomic mass is 10.2. The van der Waals surface area contributed by atoms with E-state index in [1.54, 1.807) is 42.6 Å². The smallest absolute Gasteiger partial charge is 0.267 e. The van der Waals surface area contributed by atoms with Crippen LogP contribution in [0.15, 0.2) is 53.9 Å². The fraction of sp³-hybridized carbons (Fsp3) is 0.143. The van der Waals surface area contributed by atoms with Gasteiger partial charge in [0, 0.05) is 12.4 Å². The van der Waals surface area contributed by atoms with Crippen molar-refractivity contribution in [1.82, 2.24) is 3.97 Å². The van der Waals surface area contributed by atoms with Crippen LogP contribution in [0.4, 0.5) is 0 Å². The summed E-state index contributed by atoms with van der Waals surface area (Å²) in [6.45, 7) is 1.92. The number of nitrogens with zero attached hydrogens (tertiary/aromatic N) is 1. The Hall–Kier alpha value is -2.01. The molecule has 0 aliphatic carbocycles. The lowest BCUT2D eigenvalue weighted by molar-refractivity contribution is 0.341. The number of hydrogen-bond acceptors (Lipinski definition) is 3. The highest BCUT2D eigenvalue weighted by Gasteiger charge is 2.15. The van der Waals surface area contributed by atoms with E-state index in [9.17, 15) is 8.42 Å². The Morgan fingerprint density at radius 3 is 2.47 bits per heavy atom. The molecule has 4 nitrogen and oxygen atoms in total. The maximum Gasteiger partial charge on any atom is 0.267 e. The molecule has 5 heteroatoms. The van der Waals surface area contributed by atoms with E-state index in [2.05, 4.69) is 0 Å². The summed E-state index contributed by atoms with van der Waals surface area (Å²) < 4.78 is 30.7. The zero-order chi connectivity index (χ0) is 13.9. The molecule has 0 N–H and O–H groups in total. The molecule has 0 atom stereocenters. The number of hydrogen-bond donors (Lipinski definition) is 0. The molecule has 1 heterocycles. The topological polar surface area (TPSA) is 48.3 Å². The quantitative estimate of drug-likeness (QED) is 0.807. The van der Waals surface area contributed by atoms with E-state index >= 15 is 0 Å². The summed E-state index contributed by atoms with van der Waals surface area (Å²) >= 11 is 0. The highest BCUT2D eigenvalue weighted by atomic mass is 32.2. The molecule has 0 radical (unpaired) electrons. The summed E-state index contributed by atoms with van der Waals surface area (Å²) in [6.07, 6.45) is 6.26. The van der Waals surface area contributed by atoms with Gasteiger partial charge in [-0.15, -0.1) is 0 Å². The Morgan fingerprint density at radius 1 is 1.16 bits per heavy atom. The average Bonchev–Trinajstić information content (AvgIpc) is 2.86. The molecule has 2 aromatic rings. The first-order valence-corrected chi connectivity index (χ1v) is 7.17. The van der Waals surface area contributed by atoms with Crippen LogP contribution in [-0.2, 0) is 14.8 Å². The summed E-state index contributed by atoms with van der Waals surface area (Å²) in [5.41, 5.74) is 1.78. The molecule has 1 aromatic carbocycles. The van der Waals surface area contributed by atoms with Crippen molar-refractivity contribution in [1.29, 1.82) is 0 Å². The summed E-state index contributed by atoms with van der Waals surface area (Å²) in [7, 11) is -1.98. The highest BCUT2D eigenvalue weighted by molar-refractivity contribution is 7.90. The summed E-state index contributed by atoms with van der Waals surface area (Å²) in [6, 6.07) is 8.48. The predicted molar refractivity (Wildman–Crippen MR) is 74.2 cm³/mol. The van der Waals surface area contributed by atoms with E-state index < -0.39 is 10.0 Å². The van der Waals surface area contributed by atoms with Gasteiger partial charge in [-0.3, -0.25) is 0 Å². The standard InChI is InChI=1S/C14H15NO3S/c1-12-3-5-14(6-4-12)19(16,17)15-9-7-13(11-15)8-10-18-2/h3-11H,1-2H3/b10-8-. The minimum absolute atomic E-state index is 0.274. The van der Waals surface area contributed by atoms with Crippen molar-refractivity contribution in [2.75, 3.05) is 7.11 Å². The van der Waals surface area contributed by atoms with Gasteiger partial charge in [-0.1, -0.05) is 17.7 Å². The zero-order valence-electron chi connectivity index (χ0n) is 10.8. The van der Waals surface area contributed by atoms with Crippen LogP contribution in [-0.4, -0.2) is 19.5 Å². The SMILES string of the molecule is CO/C=C\c1ccn(S(=O)(=O)c2ccc(C)cc2)c1. The predicted octanol–water partition coefficient (Wildman–Crippen LogP) is 2.65. The van der Waals surface area contributed by atoms with Gasteiger partial charge >= 0.3 is 0 Å². The molecule has 0 fully saturated rings. The first kappa shape index (κ1) is 13.4. The minimum atomic E-state index is -3.52. The lowest BCUT2D eigenvalue weighted by Crippen LogP contribution is -2.10. The van der Waals surface area contributed by atoms with Crippen molar-refractivity contribution in [3.8, 4) is 0 Å². The largest absolute Gasteiger partial charge is 0.504 e. The molecular formula is C14H15NO3S. The molecule has 0 aliphatic rings. The molecule has 0 spiro atoms. The van der Waals surface area contributed by atoms with Crippen LogP contribution in [0.25, 0.3) is 6.08 Å². The fourth-order valence-corrected chi connectivity index (χ4v) is 2.82. The van der Waals surface area contributed by atoms with Gasteiger partial charge in [0.2, 0.25) is 0 Å². The normalized spacial score (nSPS) is 11.9. The number of rotatable bonds is 4. The third-order valence-corrected chi connectivity index (χ3v) is 4.33. The van der Waals surface area contributed by atoms with Gasteiger partial charge in [0.25, 0.3) is 10.0 Å². The number of aromatic nitrogens is 1. The molecule has 0 unspecified atom stereocenters. The Kier molecular flexibility index (Phi) is 3.76. The van der Waals surface area contributed by atoms with Crippen LogP contribution in [0, 0.1) is 6.92 Å². The van der Waals surface area contributed by atoms with Crippen LogP contribution < -0.4 is 0 Å². The Balaban J connectivity index is 2.37. The third kappa shape index (κ3) is 2.88. The van der Waals surface area contributed by atoms with Crippen LogP contribution in [0.2, 0.25) is 0 Å². The number of benzene rings is 1. The second-order valence-electron chi connectivity index (χ2n) is 4.13. The van der Waals surface area contributed by atoms with Crippen LogP contribution >= 0.6 is 0 Å². The van der Waals surface area contributed by atoms with Crippen molar-refractivity contribution in [3.05, 3.63) is 60.1 Å². The van der Waals surface area contributed by atoms with Crippen LogP contribution in [0.5, 0.6) is 0 Å². The first-order chi connectivity index (χ1) is 9.04. The molecule has 2 rings (SSSR count). The maximum atomic E-state index is 12.3. The van der Waals surface area contributed by atoms with E-state index in [0.29, 0.717) is 0 Å². The van der Waals surface area contributed by atoms with Crippen molar-refractivity contribution in [2.24, 2.45) is 0 Å². The summed E-state index contributed by atoms with van der Waals surface area (Å²) in [4.78, 5) is 0.274. The fourth-order valence-electron chi connectivity index (χ4n) is 1.62. The average molecular weight is 277 g/mol. The van der Waals surface area contributed by atoms with Gasteiger partial charge < -0.3 is 4.74 Å². The number of methoxy groups -OCH3 is 1. The zero-order valence-corrected chi connectivity index (χ0v) is 11.6. The van der Waals surface area contributed by atoms with E-state index in [4.69, 9.17) is 4.74 Å². The van der Waals surface area contributed by atoms with Gasteiger partial charge in [0.1, 0.15) is 0 Å². The molecule has 1 aromatic heterocycles. The highest BCUT2D eigenvalue weighted by Crippen LogP contribution is 2.16. The van der Waals surface area contributed by atoms with Gasteiger partial charge in [-0.05, 0) is 36.8 Å². The van der Waals surface area contributed by atoms with Crippen LogP contribution in [0.3, 0.4) is 0 Å². The summed E-state index contributed by atoms with van der Waals surface area (Å²) in [5, 5.41) is 0. The van der Waals surface area contributed by atoms with Gasteiger partial charge in [0.05, 0.1) is 18.3 Å². The molecule has 0 saturated carbocycles. The third-order valence-electron chi connectivity index (χ3n) is 2.68. The maximum absolute atomic E-state index is 12.3. The Morgan fingerprint density at radius 2 is 1.84 bits per heavy atom. The monoisotopic (exact) mass is 277 g/mol. The molecule has 0 aliphatic heterocycles. The van der Waals surface area contributed by atoms with Gasteiger partial charge in [0.15, 0.2) is 0 Å². The van der Waals surface area contributed by atoms with E-state index in [-0.39, 0.29) is 4.90 Å². The van der Waals surface area contributed by atoms with Gasteiger partial charge in [-0.2, -0.15) is 0 Å². The first-order valence-electron chi connectivity index (χ1n) is 5.73. The number of aryl methyl sites for hydroxylation is 1. The second kappa shape index (κ2) is 5.32. The minimum Gasteiger partial charge on any atom is -0.504 e. The van der Waals surface area contributed by atoms with E-state index in [1.165, 1.54) is 23.5 Å². The molecular weight excluding hydrogens is 262 g/mol. The molecule has 19 heavy (non-hydrogen) atoms. The van der Waals surface area contributed by atoms with Gasteiger partial charge in [-0.25, -0.2) is 12.4 Å². The van der Waals surface area contributed by atoms with Crippen molar-refractivity contribution in [3.63, 3.8) is 0 Å². The van der Waals surface area contributed by atoms with Crippen LogP contribution in [0.1, 0.15) is 11.1 Å². The summed E-state index contributed by atoms with van der Waals surface area (Å²) in [5.74, 6) is 0. The lowest BCUT2D eigenvalue weighted by Gasteiger charge is -2.05. The van der Waals surface area contributed by atoms with E-state index in [1.807, 2.05) is 6.92 Å². The molecule has 0 bridgehead atoms. The van der Waals surface area contributed by atoms with Crippen molar-refractivity contribution < 1.29 is 13.2 Å². The molecule has 0 saturated heterocycles. The van der Waals surface area contributed by atoms with Crippen molar-refractivity contribution >= 4 is 16.1 Å². The molecule has 0 amide bonds. The Labute approximate surface area is 113 Å². The number of ether oxygens (including phenoxy) is 1. The molecule has 100 valence electrons. The Bertz CT molecular complexity index is 682. The second-order valence-corrected chi connectivity index (χ2v) is 5.97.